The molecule has 0 fully saturated rings. The lowest BCUT2D eigenvalue weighted by atomic mass is 10.0. The Labute approximate surface area is 141 Å². The fourth-order valence-corrected chi connectivity index (χ4v) is 3.43. The van der Waals surface area contributed by atoms with Gasteiger partial charge in [-0.05, 0) is 43.3 Å². The number of aryl methyl sites for hydroxylation is 1. The van der Waals surface area contributed by atoms with Crippen molar-refractivity contribution >= 4 is 21.8 Å². The van der Waals surface area contributed by atoms with Crippen molar-refractivity contribution in [2.45, 2.75) is 20.0 Å². The Balaban J connectivity index is 1.97. The second-order valence-electron chi connectivity index (χ2n) is 5.99. The summed E-state index contributed by atoms with van der Waals surface area (Å²) in [5.41, 5.74) is 6.05. The number of benzene rings is 2. The highest BCUT2D eigenvalue weighted by molar-refractivity contribution is 6.09. The number of hydrogen-bond donors (Lipinski definition) is 1. The van der Waals surface area contributed by atoms with E-state index in [-0.39, 0.29) is 0 Å². The Morgan fingerprint density at radius 2 is 1.75 bits per heavy atom. The minimum atomic E-state index is 0.883. The molecule has 4 nitrogen and oxygen atoms in total. The maximum Gasteiger partial charge on any atom is 0.115 e. The zero-order valence-corrected chi connectivity index (χ0v) is 14.0. The van der Waals surface area contributed by atoms with Crippen LogP contribution in [0.4, 0.5) is 0 Å². The summed E-state index contributed by atoms with van der Waals surface area (Å²) in [5.74, 6) is 0. The van der Waals surface area contributed by atoms with E-state index in [1.165, 1.54) is 27.4 Å². The molecule has 2 aromatic carbocycles. The van der Waals surface area contributed by atoms with Crippen molar-refractivity contribution in [3.63, 3.8) is 0 Å². The number of hydrogen-bond acceptors (Lipinski definition) is 3. The van der Waals surface area contributed by atoms with Crippen LogP contribution in [0.2, 0.25) is 0 Å². The Morgan fingerprint density at radius 1 is 0.917 bits per heavy atom. The summed E-state index contributed by atoms with van der Waals surface area (Å²) in [6.45, 7) is 4.02. The monoisotopic (exact) mass is 316 g/mol. The third-order valence-corrected chi connectivity index (χ3v) is 4.52. The lowest BCUT2D eigenvalue weighted by Crippen LogP contribution is -2.04. The van der Waals surface area contributed by atoms with Gasteiger partial charge in [-0.3, -0.25) is 0 Å². The molecule has 0 radical (unpaired) electrons. The van der Waals surface area contributed by atoms with E-state index in [2.05, 4.69) is 63.2 Å². The molecule has 120 valence electrons. The predicted molar refractivity (Wildman–Crippen MR) is 98.9 cm³/mol. The van der Waals surface area contributed by atoms with Gasteiger partial charge in [-0.15, -0.1) is 0 Å². The van der Waals surface area contributed by atoms with Crippen LogP contribution in [0.15, 0.2) is 55.1 Å². The molecule has 0 unspecified atom stereocenters. The van der Waals surface area contributed by atoms with Crippen LogP contribution in [0.3, 0.4) is 0 Å². The number of nitrogens with zero attached hydrogens (tertiary/aromatic N) is 3. The first kappa shape index (κ1) is 14.8. The molecule has 2 aromatic heterocycles. The highest BCUT2D eigenvalue weighted by atomic mass is 15.0. The van der Waals surface area contributed by atoms with Gasteiger partial charge in [0.05, 0.1) is 0 Å². The molecule has 0 bridgehead atoms. The normalized spacial score (nSPS) is 11.4. The molecule has 0 atom stereocenters. The Morgan fingerprint density at radius 3 is 2.50 bits per heavy atom. The van der Waals surface area contributed by atoms with Crippen LogP contribution in [0.25, 0.3) is 32.9 Å². The van der Waals surface area contributed by atoms with Crippen molar-refractivity contribution in [3.8, 4) is 11.1 Å². The van der Waals surface area contributed by atoms with Crippen LogP contribution in [-0.4, -0.2) is 21.6 Å². The molecule has 4 aromatic rings. The van der Waals surface area contributed by atoms with Gasteiger partial charge in [0, 0.05) is 52.9 Å². The summed E-state index contributed by atoms with van der Waals surface area (Å²) in [5, 5.41) is 5.84. The fourth-order valence-electron chi connectivity index (χ4n) is 3.43. The highest BCUT2D eigenvalue weighted by Gasteiger charge is 2.11. The first-order chi connectivity index (χ1) is 11.8. The second kappa shape index (κ2) is 6.06. The van der Waals surface area contributed by atoms with Crippen LogP contribution in [-0.2, 0) is 13.1 Å². The van der Waals surface area contributed by atoms with Crippen molar-refractivity contribution in [1.82, 2.24) is 19.9 Å². The largest absolute Gasteiger partial charge is 0.341 e. The van der Waals surface area contributed by atoms with Crippen LogP contribution >= 0.6 is 0 Å². The zero-order valence-electron chi connectivity index (χ0n) is 14.0. The Bertz CT molecular complexity index is 1000. The molecule has 0 saturated heterocycles. The predicted octanol–water partition coefficient (Wildman–Crippen LogP) is 3.99. The van der Waals surface area contributed by atoms with Gasteiger partial charge in [0.15, 0.2) is 0 Å². The topological polar surface area (TPSA) is 42.7 Å². The summed E-state index contributed by atoms with van der Waals surface area (Å²) in [7, 11) is 1.98. The summed E-state index contributed by atoms with van der Waals surface area (Å²) >= 11 is 0. The molecule has 0 spiro atoms. The Kier molecular flexibility index (Phi) is 3.75. The minimum Gasteiger partial charge on any atom is -0.341 e. The van der Waals surface area contributed by atoms with E-state index in [4.69, 9.17) is 0 Å². The van der Waals surface area contributed by atoms with Gasteiger partial charge in [-0.2, -0.15) is 0 Å². The molecule has 0 amide bonds. The third-order valence-electron chi connectivity index (χ3n) is 4.52. The van der Waals surface area contributed by atoms with E-state index in [0.29, 0.717) is 0 Å². The van der Waals surface area contributed by atoms with E-state index >= 15 is 0 Å². The molecular formula is C20H20N4. The first-order valence-electron chi connectivity index (χ1n) is 8.26. The molecule has 0 aliphatic rings. The minimum absolute atomic E-state index is 0.883. The van der Waals surface area contributed by atoms with E-state index in [0.717, 1.165) is 24.2 Å². The van der Waals surface area contributed by atoms with Gasteiger partial charge in [0.2, 0.25) is 0 Å². The van der Waals surface area contributed by atoms with Crippen LogP contribution in [0.1, 0.15) is 12.5 Å². The second-order valence-corrected chi connectivity index (χ2v) is 5.99. The highest BCUT2D eigenvalue weighted by Crippen LogP contribution is 2.32. The van der Waals surface area contributed by atoms with Crippen LogP contribution in [0, 0.1) is 0 Å². The van der Waals surface area contributed by atoms with E-state index < -0.39 is 0 Å². The first-order valence-corrected chi connectivity index (χ1v) is 8.26. The summed E-state index contributed by atoms with van der Waals surface area (Å²) in [6.07, 6.45) is 5.28. The van der Waals surface area contributed by atoms with E-state index in [9.17, 15) is 0 Å². The standard InChI is InChI=1S/C20H20N4/c1-3-24-19-7-4-14(10-21-2)8-18(19)17-6-5-15(9-20(17)24)16-11-22-13-23-12-16/h4-9,11-13,21H,3,10H2,1-2H3. The molecule has 1 N–H and O–H groups in total. The summed E-state index contributed by atoms with van der Waals surface area (Å²) < 4.78 is 2.38. The van der Waals surface area contributed by atoms with E-state index in [1.54, 1.807) is 6.33 Å². The lowest BCUT2D eigenvalue weighted by molar-refractivity contribution is 0.815. The lowest BCUT2D eigenvalue weighted by Gasteiger charge is -2.05. The molecule has 4 rings (SSSR count). The molecule has 0 saturated carbocycles. The van der Waals surface area contributed by atoms with Gasteiger partial charge in [-0.25, -0.2) is 9.97 Å². The van der Waals surface area contributed by atoms with Gasteiger partial charge < -0.3 is 9.88 Å². The molecule has 0 aliphatic heterocycles. The van der Waals surface area contributed by atoms with Gasteiger partial charge >= 0.3 is 0 Å². The van der Waals surface area contributed by atoms with E-state index in [1.807, 2.05) is 19.4 Å². The average Bonchev–Trinajstić information content (AvgIpc) is 2.95. The van der Waals surface area contributed by atoms with Gasteiger partial charge in [-0.1, -0.05) is 18.2 Å². The number of rotatable bonds is 4. The molecule has 2 heterocycles. The fraction of sp³-hybridized carbons (Fsp3) is 0.200. The maximum atomic E-state index is 4.13. The maximum absolute atomic E-state index is 4.13. The van der Waals surface area contributed by atoms with Crippen molar-refractivity contribution in [2.75, 3.05) is 7.05 Å². The van der Waals surface area contributed by atoms with Crippen molar-refractivity contribution in [2.24, 2.45) is 0 Å². The van der Waals surface area contributed by atoms with Crippen molar-refractivity contribution < 1.29 is 0 Å². The SMILES string of the molecule is CCn1c2ccc(CNC)cc2c2ccc(-c3cncnc3)cc21. The van der Waals surface area contributed by atoms with Crippen LogP contribution in [0.5, 0.6) is 0 Å². The van der Waals surface area contributed by atoms with Crippen molar-refractivity contribution in [1.29, 1.82) is 0 Å². The third kappa shape index (κ3) is 2.36. The number of fused-ring (bicyclic) bond motifs is 3. The summed E-state index contributed by atoms with van der Waals surface area (Å²) in [6, 6.07) is 13.4. The molecular weight excluding hydrogens is 296 g/mol. The molecule has 0 aliphatic carbocycles. The molecule has 4 heteroatoms. The van der Waals surface area contributed by atoms with Gasteiger partial charge in [0.25, 0.3) is 0 Å². The van der Waals surface area contributed by atoms with Crippen molar-refractivity contribution in [3.05, 3.63) is 60.7 Å². The zero-order chi connectivity index (χ0) is 16.5. The smallest absolute Gasteiger partial charge is 0.115 e. The summed E-state index contributed by atoms with van der Waals surface area (Å²) in [4.78, 5) is 8.27. The number of aromatic nitrogens is 3. The Hall–Kier alpha value is -2.72. The quantitative estimate of drug-likeness (QED) is 0.619. The van der Waals surface area contributed by atoms with Crippen LogP contribution < -0.4 is 5.32 Å². The average molecular weight is 316 g/mol. The molecule has 24 heavy (non-hydrogen) atoms. The van der Waals surface area contributed by atoms with Gasteiger partial charge in [0.1, 0.15) is 6.33 Å². The number of nitrogens with one attached hydrogen (secondary N) is 1.